The first-order chi connectivity index (χ1) is 7.57. The van der Waals surface area contributed by atoms with Crippen LogP contribution < -0.4 is 4.74 Å². The van der Waals surface area contributed by atoms with E-state index in [9.17, 15) is 10.1 Å². The van der Waals surface area contributed by atoms with Crippen LogP contribution in [0.1, 0.15) is 38.7 Å². The number of nitrogens with zero attached hydrogens (tertiary/aromatic N) is 1. The van der Waals surface area contributed by atoms with E-state index >= 15 is 0 Å². The molecule has 4 heteroatoms. The number of hydrogen-bond acceptors (Lipinski definition) is 3. The van der Waals surface area contributed by atoms with Crippen molar-refractivity contribution in [3.63, 3.8) is 0 Å². The fourth-order valence-electron chi connectivity index (χ4n) is 1.53. The molecule has 0 aliphatic rings. The third-order valence-electron chi connectivity index (χ3n) is 2.30. The zero-order chi connectivity index (χ0) is 12.1. The molecule has 0 spiro atoms. The SMILES string of the molecule is CCCOc1cccc(C(C)C)c1[N+](=O)[O-]. The van der Waals surface area contributed by atoms with Crippen molar-refractivity contribution in [2.24, 2.45) is 0 Å². The number of nitro groups is 1. The first-order valence-electron chi connectivity index (χ1n) is 5.48. The highest BCUT2D eigenvalue weighted by Gasteiger charge is 2.22. The van der Waals surface area contributed by atoms with Crippen molar-refractivity contribution < 1.29 is 9.66 Å². The van der Waals surface area contributed by atoms with Crippen LogP contribution in [-0.2, 0) is 0 Å². The highest BCUT2D eigenvalue weighted by molar-refractivity contribution is 5.53. The van der Waals surface area contributed by atoms with Crippen LogP contribution in [0.3, 0.4) is 0 Å². The minimum Gasteiger partial charge on any atom is -0.487 e. The second-order valence-corrected chi connectivity index (χ2v) is 3.95. The Morgan fingerprint density at radius 3 is 2.62 bits per heavy atom. The van der Waals surface area contributed by atoms with Crippen molar-refractivity contribution in [1.29, 1.82) is 0 Å². The molecule has 0 N–H and O–H groups in total. The minimum atomic E-state index is -0.361. The predicted molar refractivity (Wildman–Crippen MR) is 63.0 cm³/mol. The quantitative estimate of drug-likeness (QED) is 0.567. The van der Waals surface area contributed by atoms with Gasteiger partial charge in [-0.05, 0) is 18.4 Å². The Bertz CT molecular complexity index is 375. The molecular formula is C12H17NO3. The van der Waals surface area contributed by atoms with E-state index in [1.54, 1.807) is 18.2 Å². The summed E-state index contributed by atoms with van der Waals surface area (Å²) in [6.07, 6.45) is 0.836. The van der Waals surface area contributed by atoms with Gasteiger partial charge in [0.25, 0.3) is 0 Å². The van der Waals surface area contributed by atoms with Gasteiger partial charge in [-0.15, -0.1) is 0 Å². The maximum atomic E-state index is 11.0. The monoisotopic (exact) mass is 223 g/mol. The van der Waals surface area contributed by atoms with Crippen LogP contribution in [0, 0.1) is 10.1 Å². The lowest BCUT2D eigenvalue weighted by Crippen LogP contribution is -2.03. The molecule has 0 amide bonds. The van der Waals surface area contributed by atoms with E-state index in [2.05, 4.69) is 0 Å². The lowest BCUT2D eigenvalue weighted by molar-refractivity contribution is -0.386. The Hall–Kier alpha value is -1.58. The van der Waals surface area contributed by atoms with Crippen LogP contribution in [0.25, 0.3) is 0 Å². The number of rotatable bonds is 5. The Labute approximate surface area is 95.4 Å². The van der Waals surface area contributed by atoms with Crippen molar-refractivity contribution in [3.05, 3.63) is 33.9 Å². The summed E-state index contributed by atoms with van der Waals surface area (Å²) in [5.41, 5.74) is 0.824. The third-order valence-corrected chi connectivity index (χ3v) is 2.30. The summed E-state index contributed by atoms with van der Waals surface area (Å²) in [5, 5.41) is 11.0. The molecule has 0 aromatic heterocycles. The Morgan fingerprint density at radius 1 is 1.44 bits per heavy atom. The topological polar surface area (TPSA) is 52.4 Å². The van der Waals surface area contributed by atoms with Crippen molar-refractivity contribution in [3.8, 4) is 5.75 Å². The molecule has 16 heavy (non-hydrogen) atoms. The average molecular weight is 223 g/mol. The summed E-state index contributed by atoms with van der Waals surface area (Å²) >= 11 is 0. The molecule has 1 aromatic rings. The third kappa shape index (κ3) is 2.72. The Morgan fingerprint density at radius 2 is 2.12 bits per heavy atom. The van der Waals surface area contributed by atoms with Gasteiger partial charge in [0.05, 0.1) is 11.5 Å². The average Bonchev–Trinajstić information content (AvgIpc) is 2.25. The van der Waals surface area contributed by atoms with Gasteiger partial charge in [-0.1, -0.05) is 32.9 Å². The number of ether oxygens (including phenoxy) is 1. The smallest absolute Gasteiger partial charge is 0.314 e. The maximum absolute atomic E-state index is 11.0. The van der Waals surface area contributed by atoms with Gasteiger partial charge in [0.2, 0.25) is 0 Å². The van der Waals surface area contributed by atoms with E-state index in [1.807, 2.05) is 20.8 Å². The van der Waals surface area contributed by atoms with Gasteiger partial charge in [0, 0.05) is 5.56 Å². The standard InChI is InChI=1S/C12H17NO3/c1-4-8-16-11-7-5-6-10(9(2)3)12(11)13(14)15/h5-7,9H,4,8H2,1-3H3. The van der Waals surface area contributed by atoms with E-state index in [4.69, 9.17) is 4.74 Å². The van der Waals surface area contributed by atoms with Gasteiger partial charge in [0.1, 0.15) is 0 Å². The van der Waals surface area contributed by atoms with E-state index < -0.39 is 0 Å². The van der Waals surface area contributed by atoms with E-state index in [0.717, 1.165) is 12.0 Å². The second-order valence-electron chi connectivity index (χ2n) is 3.95. The van der Waals surface area contributed by atoms with Crippen LogP contribution >= 0.6 is 0 Å². The minimum absolute atomic E-state index is 0.103. The molecule has 0 unspecified atom stereocenters. The van der Waals surface area contributed by atoms with Gasteiger partial charge in [-0.2, -0.15) is 0 Å². The zero-order valence-corrected chi connectivity index (χ0v) is 9.90. The van der Waals surface area contributed by atoms with Crippen LogP contribution in [0.5, 0.6) is 5.75 Å². The largest absolute Gasteiger partial charge is 0.487 e. The fraction of sp³-hybridized carbons (Fsp3) is 0.500. The summed E-state index contributed by atoms with van der Waals surface area (Å²) in [7, 11) is 0. The lowest BCUT2D eigenvalue weighted by Gasteiger charge is -2.10. The molecule has 0 bridgehead atoms. The van der Waals surface area contributed by atoms with Crippen LogP contribution in [-0.4, -0.2) is 11.5 Å². The normalized spacial score (nSPS) is 10.5. The molecule has 0 aliphatic carbocycles. The van der Waals surface area contributed by atoms with Gasteiger partial charge >= 0.3 is 5.69 Å². The molecule has 0 heterocycles. The Kier molecular flexibility index (Phi) is 4.28. The first-order valence-corrected chi connectivity index (χ1v) is 5.48. The number of benzene rings is 1. The second kappa shape index (κ2) is 5.49. The van der Waals surface area contributed by atoms with Crippen LogP contribution in [0.4, 0.5) is 5.69 Å². The fourth-order valence-corrected chi connectivity index (χ4v) is 1.53. The van der Waals surface area contributed by atoms with Gasteiger partial charge < -0.3 is 4.74 Å². The number of para-hydroxylation sites is 1. The molecule has 1 rings (SSSR count). The highest BCUT2D eigenvalue weighted by atomic mass is 16.6. The predicted octanol–water partition coefficient (Wildman–Crippen LogP) is 3.51. The number of nitro benzene ring substituents is 1. The summed E-state index contributed by atoms with van der Waals surface area (Å²) in [6, 6.07) is 5.23. The number of hydrogen-bond donors (Lipinski definition) is 0. The molecule has 0 radical (unpaired) electrons. The molecule has 0 saturated heterocycles. The van der Waals surface area contributed by atoms with E-state index in [0.29, 0.717) is 12.4 Å². The molecule has 0 atom stereocenters. The first kappa shape index (κ1) is 12.5. The summed E-state index contributed by atoms with van der Waals surface area (Å²) in [4.78, 5) is 10.7. The molecule has 0 fully saturated rings. The molecule has 88 valence electrons. The summed E-state index contributed by atoms with van der Waals surface area (Å²) in [6.45, 7) is 6.35. The van der Waals surface area contributed by atoms with E-state index in [-0.39, 0.29) is 16.5 Å². The lowest BCUT2D eigenvalue weighted by atomic mass is 10.0. The highest BCUT2D eigenvalue weighted by Crippen LogP contribution is 2.35. The van der Waals surface area contributed by atoms with Gasteiger partial charge in [-0.25, -0.2) is 0 Å². The van der Waals surface area contributed by atoms with Gasteiger partial charge in [-0.3, -0.25) is 10.1 Å². The van der Waals surface area contributed by atoms with Crippen LogP contribution in [0.2, 0.25) is 0 Å². The maximum Gasteiger partial charge on any atom is 0.314 e. The molecule has 4 nitrogen and oxygen atoms in total. The molecule has 0 aliphatic heterocycles. The summed E-state index contributed by atoms with van der Waals surface area (Å²) < 4.78 is 5.40. The van der Waals surface area contributed by atoms with Crippen molar-refractivity contribution in [2.75, 3.05) is 6.61 Å². The molecule has 1 aromatic carbocycles. The van der Waals surface area contributed by atoms with Crippen LogP contribution in [0.15, 0.2) is 18.2 Å². The summed E-state index contributed by atoms with van der Waals surface area (Å²) in [5.74, 6) is 0.489. The molecular weight excluding hydrogens is 206 g/mol. The zero-order valence-electron chi connectivity index (χ0n) is 9.90. The molecule has 0 saturated carbocycles. The Balaban J connectivity index is 3.16. The van der Waals surface area contributed by atoms with E-state index in [1.165, 1.54) is 0 Å². The van der Waals surface area contributed by atoms with Gasteiger partial charge in [0.15, 0.2) is 5.75 Å². The van der Waals surface area contributed by atoms with Crippen molar-refractivity contribution >= 4 is 5.69 Å². The van der Waals surface area contributed by atoms with Crippen molar-refractivity contribution in [1.82, 2.24) is 0 Å². The van der Waals surface area contributed by atoms with Crippen molar-refractivity contribution in [2.45, 2.75) is 33.1 Å².